The van der Waals surface area contributed by atoms with Crippen LogP contribution in [0.1, 0.15) is 44.5 Å². The van der Waals surface area contributed by atoms with Crippen LogP contribution in [0.5, 0.6) is 0 Å². The molecule has 0 bridgehead atoms. The Hall–Kier alpha value is -2.47. The second-order valence-corrected chi connectivity index (χ2v) is 7.47. The molecule has 142 valence electrons. The summed E-state index contributed by atoms with van der Waals surface area (Å²) in [6.07, 6.45) is 3.03. The van der Waals surface area contributed by atoms with Gasteiger partial charge in [-0.1, -0.05) is 38.1 Å². The third kappa shape index (κ3) is 4.11. The first-order chi connectivity index (χ1) is 13.0. The molecule has 0 unspecified atom stereocenters. The summed E-state index contributed by atoms with van der Waals surface area (Å²) >= 11 is 1.49. The van der Waals surface area contributed by atoms with Gasteiger partial charge < -0.3 is 5.11 Å². The minimum absolute atomic E-state index is 0.0466. The van der Waals surface area contributed by atoms with E-state index in [4.69, 9.17) is 10.1 Å². The van der Waals surface area contributed by atoms with Crippen molar-refractivity contribution in [1.82, 2.24) is 9.55 Å². The molecule has 0 saturated carbocycles. The summed E-state index contributed by atoms with van der Waals surface area (Å²) in [5, 5.41) is 11.5. The maximum absolute atomic E-state index is 13.3. The number of carboxylic acids is 1. The van der Waals surface area contributed by atoms with Crippen LogP contribution in [0.15, 0.2) is 34.4 Å². The van der Waals surface area contributed by atoms with Crippen molar-refractivity contribution in [3.63, 3.8) is 0 Å². The van der Waals surface area contributed by atoms with Gasteiger partial charge in [-0.15, -0.1) is 11.3 Å². The van der Waals surface area contributed by atoms with Crippen LogP contribution in [0.2, 0.25) is 0 Å². The van der Waals surface area contributed by atoms with Gasteiger partial charge in [0.1, 0.15) is 10.7 Å². The molecular weight excluding hydrogens is 360 g/mol. The number of nitrogens with zero attached hydrogens (tertiary/aromatic N) is 2. The molecular formula is C21H24N2O3S. The third-order valence-electron chi connectivity index (χ3n) is 4.69. The maximum atomic E-state index is 13.3. The average molecular weight is 385 g/mol. The van der Waals surface area contributed by atoms with E-state index in [-0.39, 0.29) is 12.0 Å². The predicted molar refractivity (Wildman–Crippen MR) is 110 cm³/mol. The summed E-state index contributed by atoms with van der Waals surface area (Å²) in [4.78, 5) is 29.6. The SMILES string of the molecule is CCCc1nc2scc(-c3ccc(CC)cc3)c2c(=O)n1CCCC(=O)O. The van der Waals surface area contributed by atoms with Gasteiger partial charge in [0.15, 0.2) is 0 Å². The van der Waals surface area contributed by atoms with Crippen LogP contribution < -0.4 is 5.56 Å². The molecule has 6 heteroatoms. The molecule has 2 aromatic heterocycles. The first-order valence-electron chi connectivity index (χ1n) is 9.37. The largest absolute Gasteiger partial charge is 0.481 e. The molecule has 2 heterocycles. The van der Waals surface area contributed by atoms with E-state index in [0.29, 0.717) is 24.8 Å². The quantitative estimate of drug-likeness (QED) is 0.620. The second-order valence-electron chi connectivity index (χ2n) is 6.61. The molecule has 3 aromatic rings. The highest BCUT2D eigenvalue weighted by molar-refractivity contribution is 7.17. The van der Waals surface area contributed by atoms with E-state index < -0.39 is 5.97 Å². The van der Waals surface area contributed by atoms with Gasteiger partial charge >= 0.3 is 5.97 Å². The third-order valence-corrected chi connectivity index (χ3v) is 5.56. The maximum Gasteiger partial charge on any atom is 0.303 e. The Labute approximate surface area is 162 Å². The molecule has 0 saturated heterocycles. The molecule has 0 aliphatic carbocycles. The molecule has 0 fully saturated rings. The molecule has 1 N–H and O–H groups in total. The van der Waals surface area contributed by atoms with Crippen LogP contribution in [-0.2, 0) is 24.2 Å². The monoisotopic (exact) mass is 384 g/mol. The van der Waals surface area contributed by atoms with Crippen molar-refractivity contribution in [2.45, 2.75) is 52.5 Å². The van der Waals surface area contributed by atoms with Crippen molar-refractivity contribution in [2.75, 3.05) is 0 Å². The van der Waals surface area contributed by atoms with Crippen molar-refractivity contribution in [3.8, 4) is 11.1 Å². The zero-order valence-corrected chi connectivity index (χ0v) is 16.5. The summed E-state index contributed by atoms with van der Waals surface area (Å²) < 4.78 is 1.67. The first kappa shape index (κ1) is 19.3. The standard InChI is InChI=1S/C21H24N2O3S/c1-3-6-17-22-20-19(21(26)23(17)12-5-7-18(24)25)16(13-27-20)15-10-8-14(4-2)9-11-15/h8-11,13H,3-7,12H2,1-2H3,(H,24,25). The number of aliphatic carboxylic acids is 1. The Morgan fingerprint density at radius 1 is 1.22 bits per heavy atom. The number of fused-ring (bicyclic) bond motifs is 1. The fourth-order valence-electron chi connectivity index (χ4n) is 3.23. The van der Waals surface area contributed by atoms with Gasteiger partial charge in [0.2, 0.25) is 0 Å². The number of hydrogen-bond acceptors (Lipinski definition) is 4. The van der Waals surface area contributed by atoms with Crippen LogP contribution in [0.3, 0.4) is 0 Å². The number of carboxylic acid groups (broad SMARTS) is 1. The first-order valence-corrected chi connectivity index (χ1v) is 10.2. The van der Waals surface area contributed by atoms with Crippen molar-refractivity contribution in [2.24, 2.45) is 0 Å². The minimum atomic E-state index is -0.846. The summed E-state index contributed by atoms with van der Waals surface area (Å²) in [5.41, 5.74) is 3.11. The lowest BCUT2D eigenvalue weighted by atomic mass is 10.0. The zero-order valence-electron chi connectivity index (χ0n) is 15.7. The van der Waals surface area contributed by atoms with Gasteiger partial charge in [-0.2, -0.15) is 0 Å². The van der Waals surface area contributed by atoms with E-state index >= 15 is 0 Å². The normalized spacial score (nSPS) is 11.2. The van der Waals surface area contributed by atoms with Gasteiger partial charge in [-0.3, -0.25) is 14.2 Å². The molecule has 0 amide bonds. The Morgan fingerprint density at radius 2 is 1.96 bits per heavy atom. The average Bonchev–Trinajstić information content (AvgIpc) is 3.08. The molecule has 0 aliphatic rings. The number of benzene rings is 1. The van der Waals surface area contributed by atoms with Crippen LogP contribution in [0.4, 0.5) is 0 Å². The van der Waals surface area contributed by atoms with E-state index in [2.05, 4.69) is 31.2 Å². The van der Waals surface area contributed by atoms with Crippen molar-refractivity contribution < 1.29 is 9.90 Å². The number of aromatic nitrogens is 2. The van der Waals surface area contributed by atoms with Crippen LogP contribution in [0, 0.1) is 0 Å². The summed E-state index contributed by atoms with van der Waals surface area (Å²) in [6, 6.07) is 8.27. The van der Waals surface area contributed by atoms with E-state index in [1.165, 1.54) is 16.9 Å². The van der Waals surface area contributed by atoms with Gasteiger partial charge in [0, 0.05) is 30.3 Å². The molecule has 1 aromatic carbocycles. The van der Waals surface area contributed by atoms with Gasteiger partial charge in [0.05, 0.1) is 5.39 Å². The summed E-state index contributed by atoms with van der Waals surface area (Å²) in [5.74, 6) is -0.100. The lowest BCUT2D eigenvalue weighted by Gasteiger charge is -2.12. The van der Waals surface area contributed by atoms with Crippen LogP contribution in [-0.4, -0.2) is 20.6 Å². The molecule has 0 spiro atoms. The molecule has 0 radical (unpaired) electrons. The Kier molecular flexibility index (Phi) is 6.06. The van der Waals surface area contributed by atoms with E-state index in [1.807, 2.05) is 12.3 Å². The molecule has 3 rings (SSSR count). The highest BCUT2D eigenvalue weighted by atomic mass is 32.1. The zero-order chi connectivity index (χ0) is 19.4. The fraction of sp³-hybridized carbons (Fsp3) is 0.381. The van der Waals surface area contributed by atoms with Crippen molar-refractivity contribution >= 4 is 27.5 Å². The van der Waals surface area contributed by atoms with Gasteiger partial charge in [-0.25, -0.2) is 4.98 Å². The number of thiophene rings is 1. The number of carbonyl (C=O) groups is 1. The number of rotatable bonds is 8. The number of hydrogen-bond donors (Lipinski definition) is 1. The van der Waals surface area contributed by atoms with E-state index in [0.717, 1.165) is 34.6 Å². The molecule has 0 aliphatic heterocycles. The molecule has 5 nitrogen and oxygen atoms in total. The van der Waals surface area contributed by atoms with E-state index in [1.54, 1.807) is 4.57 Å². The summed E-state index contributed by atoms with van der Waals surface area (Å²) in [6.45, 7) is 4.55. The molecule has 0 atom stereocenters. The minimum Gasteiger partial charge on any atom is -0.481 e. The molecule has 27 heavy (non-hydrogen) atoms. The topological polar surface area (TPSA) is 72.2 Å². The predicted octanol–water partition coefficient (Wildman–Crippen LogP) is 4.50. The van der Waals surface area contributed by atoms with Gasteiger partial charge in [-0.05, 0) is 30.4 Å². The van der Waals surface area contributed by atoms with Crippen LogP contribution in [0.25, 0.3) is 21.3 Å². The van der Waals surface area contributed by atoms with E-state index in [9.17, 15) is 9.59 Å². The highest BCUT2D eigenvalue weighted by Crippen LogP contribution is 2.31. The Bertz CT molecular complexity index is 1000. The lowest BCUT2D eigenvalue weighted by Crippen LogP contribution is -2.25. The smallest absolute Gasteiger partial charge is 0.303 e. The van der Waals surface area contributed by atoms with Crippen molar-refractivity contribution in [1.29, 1.82) is 0 Å². The highest BCUT2D eigenvalue weighted by Gasteiger charge is 2.17. The van der Waals surface area contributed by atoms with Crippen LogP contribution >= 0.6 is 11.3 Å². The second kappa shape index (κ2) is 8.48. The van der Waals surface area contributed by atoms with Crippen molar-refractivity contribution in [3.05, 3.63) is 51.4 Å². The number of aryl methyl sites for hydroxylation is 2. The lowest BCUT2D eigenvalue weighted by molar-refractivity contribution is -0.137. The van der Waals surface area contributed by atoms with Gasteiger partial charge in [0.25, 0.3) is 5.56 Å². The Morgan fingerprint density at radius 3 is 2.59 bits per heavy atom. The summed E-state index contributed by atoms with van der Waals surface area (Å²) in [7, 11) is 0. The Balaban J connectivity index is 2.09. The fourth-order valence-corrected chi connectivity index (χ4v) is 4.19.